The predicted octanol–water partition coefficient (Wildman–Crippen LogP) is 4.71. The fourth-order valence-electron chi connectivity index (χ4n) is 2.35. The summed E-state index contributed by atoms with van der Waals surface area (Å²) < 4.78 is 0.859. The van der Waals surface area contributed by atoms with E-state index >= 15 is 0 Å². The molecule has 128 valence electrons. The summed E-state index contributed by atoms with van der Waals surface area (Å²) in [5.74, 6) is 0.814. The van der Waals surface area contributed by atoms with Crippen molar-refractivity contribution in [3.63, 3.8) is 0 Å². The van der Waals surface area contributed by atoms with E-state index in [9.17, 15) is 4.79 Å². The molecule has 0 spiro atoms. The number of hydrogen-bond donors (Lipinski definition) is 1. The van der Waals surface area contributed by atoms with Crippen molar-refractivity contribution >= 4 is 34.1 Å². The first-order valence-corrected chi connectivity index (χ1v) is 9.85. The van der Waals surface area contributed by atoms with Gasteiger partial charge in [0.1, 0.15) is 0 Å². The average molecular weight is 370 g/mol. The van der Waals surface area contributed by atoms with Gasteiger partial charge < -0.3 is 5.32 Å². The Labute approximate surface area is 155 Å². The topological polar surface area (TPSA) is 54.9 Å². The maximum atomic E-state index is 12.1. The van der Waals surface area contributed by atoms with Gasteiger partial charge in [-0.2, -0.15) is 0 Å². The largest absolute Gasteiger partial charge is 0.300 e. The van der Waals surface area contributed by atoms with Crippen LogP contribution in [0.5, 0.6) is 0 Å². The third kappa shape index (κ3) is 5.69. The Morgan fingerprint density at radius 3 is 2.68 bits per heavy atom. The van der Waals surface area contributed by atoms with Gasteiger partial charge in [-0.3, -0.25) is 4.79 Å². The van der Waals surface area contributed by atoms with Crippen LogP contribution in [0.4, 0.5) is 5.13 Å². The number of nitrogens with zero attached hydrogens (tertiary/aromatic N) is 2. The predicted molar refractivity (Wildman–Crippen MR) is 104 cm³/mol. The van der Waals surface area contributed by atoms with Gasteiger partial charge in [-0.1, -0.05) is 83.3 Å². The van der Waals surface area contributed by atoms with Gasteiger partial charge in [0.05, 0.1) is 0 Å². The summed E-state index contributed by atoms with van der Waals surface area (Å²) in [6.45, 7) is 2.06. The lowest BCUT2D eigenvalue weighted by Crippen LogP contribution is -2.12. The highest BCUT2D eigenvalue weighted by Crippen LogP contribution is 2.28. The molecule has 0 aliphatic heterocycles. The van der Waals surface area contributed by atoms with Gasteiger partial charge in [0.25, 0.3) is 0 Å². The van der Waals surface area contributed by atoms with Crippen LogP contribution in [0.25, 0.3) is 0 Å². The van der Waals surface area contributed by atoms with Crippen LogP contribution in [0.3, 0.4) is 0 Å². The molecule has 0 saturated heterocycles. The Morgan fingerprint density at radius 1 is 1.08 bits per heavy atom. The third-order valence-corrected chi connectivity index (χ3v) is 5.62. The molecule has 0 radical (unpaired) electrons. The fourth-order valence-corrected chi connectivity index (χ4v) is 4.07. The number of anilines is 1. The van der Waals surface area contributed by atoms with E-state index in [-0.39, 0.29) is 5.91 Å². The lowest BCUT2D eigenvalue weighted by molar-refractivity contribution is -0.116. The number of carbonyl (C=O) groups excluding carboxylic acids is 1. The van der Waals surface area contributed by atoms with E-state index in [4.69, 9.17) is 0 Å². The monoisotopic (exact) mass is 369 g/mol. The summed E-state index contributed by atoms with van der Waals surface area (Å²) in [4.78, 5) is 12.1. The number of nitrogens with one attached hydrogen (secondary N) is 1. The van der Waals surface area contributed by atoms with Crippen molar-refractivity contribution in [2.24, 2.45) is 0 Å². The van der Waals surface area contributed by atoms with Crippen molar-refractivity contribution in [3.8, 4) is 0 Å². The van der Waals surface area contributed by atoms with Crippen molar-refractivity contribution in [1.82, 2.24) is 10.2 Å². The van der Waals surface area contributed by atoms with Crippen LogP contribution in [0.2, 0.25) is 0 Å². The van der Waals surface area contributed by atoms with Crippen LogP contribution in [0.1, 0.15) is 23.1 Å². The first kappa shape index (κ1) is 17.6. The molecule has 0 atom stereocenters. The summed E-state index contributed by atoms with van der Waals surface area (Å²) in [5.41, 5.74) is 3.63. The van der Waals surface area contributed by atoms with E-state index in [1.165, 1.54) is 28.0 Å². The van der Waals surface area contributed by atoms with Gasteiger partial charge in [0.15, 0.2) is 4.34 Å². The molecule has 1 heterocycles. The second-order valence-electron chi connectivity index (χ2n) is 5.68. The molecule has 2 aromatic carbocycles. The van der Waals surface area contributed by atoms with Crippen LogP contribution in [-0.4, -0.2) is 16.1 Å². The SMILES string of the molecule is Cc1cccc(CCC(=O)Nc2nnc(SCc3ccccc3)s2)c1. The number of benzene rings is 2. The van der Waals surface area contributed by atoms with Crippen LogP contribution in [0, 0.1) is 6.92 Å². The number of carbonyl (C=O) groups is 1. The minimum absolute atomic E-state index is 0.0303. The maximum Gasteiger partial charge on any atom is 0.226 e. The van der Waals surface area contributed by atoms with Crippen molar-refractivity contribution in [1.29, 1.82) is 0 Å². The fraction of sp³-hybridized carbons (Fsp3) is 0.211. The summed E-state index contributed by atoms with van der Waals surface area (Å²) in [5, 5.41) is 11.6. The number of thioether (sulfide) groups is 1. The van der Waals surface area contributed by atoms with Crippen molar-refractivity contribution in [2.45, 2.75) is 29.9 Å². The quantitative estimate of drug-likeness (QED) is 0.484. The van der Waals surface area contributed by atoms with E-state index in [1.54, 1.807) is 11.8 Å². The number of amides is 1. The standard InChI is InChI=1S/C19H19N3OS2/c1-14-6-5-9-15(12-14)10-11-17(23)20-18-21-22-19(25-18)24-13-16-7-3-2-4-8-16/h2-9,12H,10-11,13H2,1H3,(H,20,21,23). The summed E-state index contributed by atoms with van der Waals surface area (Å²) in [6, 6.07) is 18.4. The first-order chi connectivity index (χ1) is 12.2. The smallest absolute Gasteiger partial charge is 0.226 e. The molecule has 0 aliphatic carbocycles. The average Bonchev–Trinajstić information content (AvgIpc) is 3.06. The number of aryl methyl sites for hydroxylation is 2. The lowest BCUT2D eigenvalue weighted by atomic mass is 10.1. The van der Waals surface area contributed by atoms with E-state index in [0.717, 1.165) is 16.5 Å². The molecule has 3 rings (SSSR count). The molecule has 1 N–H and O–H groups in total. The molecule has 0 fully saturated rings. The zero-order chi connectivity index (χ0) is 17.5. The van der Waals surface area contributed by atoms with E-state index in [2.05, 4.69) is 46.7 Å². The van der Waals surface area contributed by atoms with Crippen LogP contribution in [0.15, 0.2) is 58.9 Å². The molecule has 0 aliphatic rings. The van der Waals surface area contributed by atoms with Crippen molar-refractivity contribution in [2.75, 3.05) is 5.32 Å². The maximum absolute atomic E-state index is 12.1. The molecule has 0 bridgehead atoms. The van der Waals surface area contributed by atoms with Gasteiger partial charge in [-0.05, 0) is 24.5 Å². The Bertz CT molecular complexity index is 833. The Balaban J connectivity index is 1.46. The Morgan fingerprint density at radius 2 is 1.88 bits per heavy atom. The molecule has 3 aromatic rings. The molecular weight excluding hydrogens is 350 g/mol. The van der Waals surface area contributed by atoms with E-state index < -0.39 is 0 Å². The second-order valence-corrected chi connectivity index (χ2v) is 7.88. The minimum atomic E-state index is -0.0303. The molecule has 0 saturated carbocycles. The number of rotatable bonds is 7. The third-order valence-electron chi connectivity index (χ3n) is 3.58. The molecule has 25 heavy (non-hydrogen) atoms. The van der Waals surface area contributed by atoms with Crippen LogP contribution >= 0.6 is 23.1 Å². The lowest BCUT2D eigenvalue weighted by Gasteiger charge is -2.03. The Hall–Kier alpha value is -2.18. The van der Waals surface area contributed by atoms with Crippen LogP contribution < -0.4 is 5.32 Å². The molecule has 0 unspecified atom stereocenters. The van der Waals surface area contributed by atoms with Gasteiger partial charge in [-0.15, -0.1) is 10.2 Å². The summed E-state index contributed by atoms with van der Waals surface area (Å²) >= 11 is 3.04. The molecule has 4 nitrogen and oxygen atoms in total. The molecule has 1 aromatic heterocycles. The molecule has 1 amide bonds. The van der Waals surface area contributed by atoms with Gasteiger partial charge in [0.2, 0.25) is 11.0 Å². The zero-order valence-corrected chi connectivity index (χ0v) is 15.6. The normalized spacial score (nSPS) is 10.6. The van der Waals surface area contributed by atoms with Gasteiger partial charge in [-0.25, -0.2) is 0 Å². The Kier molecular flexibility index (Phi) is 6.19. The molecular formula is C19H19N3OS2. The van der Waals surface area contributed by atoms with Crippen molar-refractivity contribution in [3.05, 3.63) is 71.3 Å². The van der Waals surface area contributed by atoms with Crippen molar-refractivity contribution < 1.29 is 4.79 Å². The van der Waals surface area contributed by atoms with E-state index in [1.807, 2.05) is 30.3 Å². The summed E-state index contributed by atoms with van der Waals surface area (Å²) in [6.07, 6.45) is 1.16. The highest BCUT2D eigenvalue weighted by atomic mass is 32.2. The number of hydrogen-bond acceptors (Lipinski definition) is 5. The minimum Gasteiger partial charge on any atom is -0.300 e. The first-order valence-electron chi connectivity index (χ1n) is 8.05. The number of aromatic nitrogens is 2. The van der Waals surface area contributed by atoms with E-state index in [0.29, 0.717) is 11.6 Å². The highest BCUT2D eigenvalue weighted by molar-refractivity contribution is 8.00. The summed E-state index contributed by atoms with van der Waals surface area (Å²) in [7, 11) is 0. The second kappa shape index (κ2) is 8.78. The van der Waals surface area contributed by atoms with Gasteiger partial charge in [0, 0.05) is 12.2 Å². The van der Waals surface area contributed by atoms with Gasteiger partial charge >= 0.3 is 0 Å². The zero-order valence-electron chi connectivity index (χ0n) is 13.9. The van der Waals surface area contributed by atoms with Crippen LogP contribution in [-0.2, 0) is 17.0 Å². The highest BCUT2D eigenvalue weighted by Gasteiger charge is 2.09. The molecule has 6 heteroatoms.